The number of unbranched alkanes of at least 4 members (excludes halogenated alkanes) is 1. The molecule has 0 bridgehead atoms. The van der Waals surface area contributed by atoms with Crippen LogP contribution in [0.3, 0.4) is 0 Å². The third-order valence-corrected chi connectivity index (χ3v) is 8.55. The normalized spacial score (nSPS) is 22.9. The number of rotatable bonds is 12. The zero-order chi connectivity index (χ0) is 24.7. The van der Waals surface area contributed by atoms with Gasteiger partial charge in [-0.25, -0.2) is 4.39 Å². The van der Waals surface area contributed by atoms with Gasteiger partial charge >= 0.3 is 0 Å². The molecule has 1 aliphatic heterocycles. The van der Waals surface area contributed by atoms with Crippen molar-refractivity contribution in [3.63, 3.8) is 0 Å². The molecule has 196 valence electrons. The van der Waals surface area contributed by atoms with Crippen molar-refractivity contribution < 1.29 is 18.7 Å². The Balaban J connectivity index is 1.59. The van der Waals surface area contributed by atoms with Gasteiger partial charge in [-0.05, 0) is 76.2 Å². The van der Waals surface area contributed by atoms with E-state index >= 15 is 0 Å². The number of nitrogens with zero attached hydrogens (tertiary/aromatic N) is 1. The number of aliphatic hydroxyl groups is 1. The Kier molecular flexibility index (Phi) is 9.62. The lowest BCUT2D eigenvalue weighted by Gasteiger charge is -2.46. The fraction of sp³-hybridized carbons (Fsp3) is 0.724. The summed E-state index contributed by atoms with van der Waals surface area (Å²) in [4.78, 5) is 2.61. The van der Waals surface area contributed by atoms with Gasteiger partial charge < -0.3 is 19.6 Å². The lowest BCUT2D eigenvalue weighted by atomic mass is 9.73. The highest BCUT2D eigenvalue weighted by atomic mass is 19.1. The molecule has 0 amide bonds. The Labute approximate surface area is 210 Å². The van der Waals surface area contributed by atoms with Crippen LogP contribution in [0, 0.1) is 17.7 Å². The zero-order valence-electron chi connectivity index (χ0n) is 21.7. The SMILES string of the molecule is CNCC(CC1CCCCC1)N1CCC[C@@H]([C@@](O)(CCCCOC)c2cc(F)cc3ccoc23)C1. The van der Waals surface area contributed by atoms with E-state index in [1.807, 2.05) is 7.05 Å². The van der Waals surface area contributed by atoms with Crippen LogP contribution in [0.2, 0.25) is 0 Å². The first-order chi connectivity index (χ1) is 17.0. The standard InChI is InChI=1S/C29H45FN2O3/c1-31-20-26(17-22-9-4-3-5-10-22)32-14-8-11-24(21-32)29(33,13-6-7-15-34-2)27-19-25(30)18-23-12-16-35-28(23)27/h12,16,18-19,22,24,26,31,33H,3-11,13-15,17,20-21H2,1-2H3/t24-,26?,29+/m1/s1. The van der Waals surface area contributed by atoms with Gasteiger partial charge in [0.05, 0.1) is 11.9 Å². The number of piperidine rings is 1. The highest BCUT2D eigenvalue weighted by Crippen LogP contribution is 2.43. The maximum Gasteiger partial charge on any atom is 0.140 e. The van der Waals surface area contributed by atoms with Crippen LogP contribution in [0.1, 0.15) is 76.2 Å². The molecule has 4 rings (SSSR count). The van der Waals surface area contributed by atoms with E-state index in [0.717, 1.165) is 51.2 Å². The monoisotopic (exact) mass is 488 g/mol. The van der Waals surface area contributed by atoms with Gasteiger partial charge in [-0.1, -0.05) is 32.1 Å². The summed E-state index contributed by atoms with van der Waals surface area (Å²) in [6.07, 6.45) is 13.9. The van der Waals surface area contributed by atoms with Gasteiger partial charge in [0, 0.05) is 49.7 Å². The number of likely N-dealkylation sites (tertiary alicyclic amines) is 1. The van der Waals surface area contributed by atoms with Crippen molar-refractivity contribution in [3.8, 4) is 0 Å². The Hall–Kier alpha value is -1.47. The van der Waals surface area contributed by atoms with E-state index in [4.69, 9.17) is 9.15 Å². The molecule has 1 saturated heterocycles. The summed E-state index contributed by atoms with van der Waals surface area (Å²) < 4.78 is 25.8. The van der Waals surface area contributed by atoms with Gasteiger partial charge in [-0.2, -0.15) is 0 Å². The molecule has 1 aliphatic carbocycles. The molecule has 5 nitrogen and oxygen atoms in total. The molecule has 35 heavy (non-hydrogen) atoms. The molecule has 2 aromatic rings. The minimum atomic E-state index is -1.14. The summed E-state index contributed by atoms with van der Waals surface area (Å²) in [7, 11) is 3.75. The van der Waals surface area contributed by atoms with E-state index in [0.29, 0.717) is 35.6 Å². The Morgan fingerprint density at radius 1 is 1.20 bits per heavy atom. The smallest absolute Gasteiger partial charge is 0.140 e. The summed E-state index contributed by atoms with van der Waals surface area (Å²) in [5.41, 5.74) is 0.0885. The van der Waals surface area contributed by atoms with E-state index in [9.17, 15) is 9.50 Å². The number of benzene rings is 1. The summed E-state index contributed by atoms with van der Waals surface area (Å²) in [5.74, 6) is 0.517. The van der Waals surface area contributed by atoms with Crippen LogP contribution in [0.5, 0.6) is 0 Å². The van der Waals surface area contributed by atoms with Crippen molar-refractivity contribution in [2.24, 2.45) is 11.8 Å². The third-order valence-electron chi connectivity index (χ3n) is 8.55. The van der Waals surface area contributed by atoms with Gasteiger partial charge in [-0.3, -0.25) is 4.90 Å². The Morgan fingerprint density at radius 2 is 2.03 bits per heavy atom. The second kappa shape index (κ2) is 12.7. The second-order valence-corrected chi connectivity index (χ2v) is 11.0. The molecular weight excluding hydrogens is 443 g/mol. The van der Waals surface area contributed by atoms with Crippen molar-refractivity contribution in [1.82, 2.24) is 10.2 Å². The number of hydrogen-bond donors (Lipinski definition) is 2. The molecule has 2 aliphatic rings. The van der Waals surface area contributed by atoms with Crippen molar-refractivity contribution in [3.05, 3.63) is 35.8 Å². The molecule has 6 heteroatoms. The Morgan fingerprint density at radius 3 is 2.80 bits per heavy atom. The molecule has 2 heterocycles. The van der Waals surface area contributed by atoms with Gasteiger partial charge in [0.15, 0.2) is 0 Å². The molecule has 1 unspecified atom stereocenters. The van der Waals surface area contributed by atoms with Gasteiger partial charge in [0.2, 0.25) is 0 Å². The summed E-state index contributed by atoms with van der Waals surface area (Å²) in [6.45, 7) is 3.53. The molecule has 0 spiro atoms. The van der Waals surface area contributed by atoms with Gasteiger partial charge in [-0.15, -0.1) is 0 Å². The van der Waals surface area contributed by atoms with Crippen LogP contribution < -0.4 is 5.32 Å². The number of halogens is 1. The van der Waals surface area contributed by atoms with Crippen LogP contribution in [0.4, 0.5) is 4.39 Å². The average molecular weight is 489 g/mol. The molecule has 1 aromatic carbocycles. The fourth-order valence-corrected chi connectivity index (χ4v) is 6.70. The number of methoxy groups -OCH3 is 1. The van der Waals surface area contributed by atoms with Gasteiger partial charge in [0.25, 0.3) is 0 Å². The van der Waals surface area contributed by atoms with E-state index in [1.165, 1.54) is 50.7 Å². The summed E-state index contributed by atoms with van der Waals surface area (Å²) >= 11 is 0. The lowest BCUT2D eigenvalue weighted by Crippen LogP contribution is -2.52. The van der Waals surface area contributed by atoms with E-state index in [-0.39, 0.29) is 11.7 Å². The number of likely N-dealkylation sites (N-methyl/N-ethyl adjacent to an activating group) is 1. The lowest BCUT2D eigenvalue weighted by molar-refractivity contribution is -0.0686. The molecule has 2 N–H and O–H groups in total. The first kappa shape index (κ1) is 26.6. The molecular formula is C29H45FN2O3. The average Bonchev–Trinajstić information content (AvgIpc) is 3.35. The molecule has 0 radical (unpaired) electrons. The first-order valence-electron chi connectivity index (χ1n) is 13.8. The highest BCUT2D eigenvalue weighted by molar-refractivity contribution is 5.81. The Bertz CT molecular complexity index is 912. The third kappa shape index (κ3) is 6.46. The number of hydrogen-bond acceptors (Lipinski definition) is 5. The first-order valence-corrected chi connectivity index (χ1v) is 13.8. The van der Waals surface area contributed by atoms with E-state index in [2.05, 4.69) is 10.2 Å². The largest absolute Gasteiger partial charge is 0.464 e. The van der Waals surface area contributed by atoms with Crippen LogP contribution in [0.15, 0.2) is 28.9 Å². The second-order valence-electron chi connectivity index (χ2n) is 11.0. The van der Waals surface area contributed by atoms with Gasteiger partial charge in [0.1, 0.15) is 11.4 Å². The van der Waals surface area contributed by atoms with Crippen LogP contribution >= 0.6 is 0 Å². The number of furan rings is 1. The summed E-state index contributed by atoms with van der Waals surface area (Å²) in [6, 6.07) is 5.26. The van der Waals surface area contributed by atoms with Crippen LogP contribution in [-0.2, 0) is 10.3 Å². The van der Waals surface area contributed by atoms with E-state index < -0.39 is 5.60 Å². The van der Waals surface area contributed by atoms with Crippen LogP contribution in [-0.4, -0.2) is 56.4 Å². The molecule has 2 fully saturated rings. The van der Waals surface area contributed by atoms with Crippen molar-refractivity contribution >= 4 is 11.0 Å². The predicted molar refractivity (Wildman–Crippen MR) is 139 cm³/mol. The predicted octanol–water partition coefficient (Wildman–Crippen LogP) is 5.85. The van der Waals surface area contributed by atoms with Crippen molar-refractivity contribution in [2.45, 2.75) is 82.3 Å². The van der Waals surface area contributed by atoms with Crippen LogP contribution in [0.25, 0.3) is 11.0 Å². The zero-order valence-corrected chi connectivity index (χ0v) is 21.7. The van der Waals surface area contributed by atoms with E-state index in [1.54, 1.807) is 19.4 Å². The topological polar surface area (TPSA) is 57.9 Å². The quantitative estimate of drug-likeness (QED) is 0.367. The van der Waals surface area contributed by atoms with Crippen molar-refractivity contribution in [2.75, 3.05) is 40.4 Å². The number of fused-ring (bicyclic) bond motifs is 1. The maximum atomic E-state index is 14.7. The minimum Gasteiger partial charge on any atom is -0.464 e. The fourth-order valence-electron chi connectivity index (χ4n) is 6.70. The van der Waals surface area contributed by atoms with Crippen molar-refractivity contribution in [1.29, 1.82) is 0 Å². The molecule has 1 saturated carbocycles. The minimum absolute atomic E-state index is 0.0274. The highest BCUT2D eigenvalue weighted by Gasteiger charge is 2.43. The maximum absolute atomic E-state index is 14.7. The number of nitrogens with one attached hydrogen (secondary N) is 1. The number of ether oxygens (including phenoxy) is 1. The molecule has 3 atom stereocenters. The molecule has 1 aromatic heterocycles. The summed E-state index contributed by atoms with van der Waals surface area (Å²) in [5, 5.41) is 16.5.